The first-order valence-corrected chi connectivity index (χ1v) is 9.25. The number of nitrogens with zero attached hydrogens (tertiary/aromatic N) is 3. The lowest BCUT2D eigenvalue weighted by atomic mass is 10.2. The molecule has 0 aliphatic carbocycles. The van der Waals surface area contributed by atoms with Crippen LogP contribution in [0.15, 0.2) is 47.9 Å². The smallest absolute Gasteiger partial charge is 0.328 e. The van der Waals surface area contributed by atoms with E-state index >= 15 is 0 Å². The van der Waals surface area contributed by atoms with Crippen LogP contribution in [0.2, 0.25) is 0 Å². The van der Waals surface area contributed by atoms with E-state index in [1.54, 1.807) is 30.6 Å². The van der Waals surface area contributed by atoms with Crippen LogP contribution >= 0.6 is 11.8 Å². The predicted octanol–water partition coefficient (Wildman–Crippen LogP) is 1.93. The number of carbonyl (C=O) groups is 2. The number of aromatic nitrogens is 2. The fourth-order valence-electron chi connectivity index (χ4n) is 2.81. The summed E-state index contributed by atoms with van der Waals surface area (Å²) < 4.78 is 24.3. The highest BCUT2D eigenvalue weighted by atomic mass is 32.2. The number of likely N-dealkylation sites (tertiary alicyclic amines) is 1. The van der Waals surface area contributed by atoms with Gasteiger partial charge in [-0.2, -0.15) is 0 Å². The van der Waals surface area contributed by atoms with E-state index in [0.29, 0.717) is 5.16 Å². The molecule has 2 atom stereocenters. The molecule has 1 fully saturated rings. The standard InChI is InChI=1S/C18H18FN3O4S/c1-25-17(24)14-9-12(26-15-6-3-2-5-13(15)19)10-22(14)16(23)11-27-18-20-7-4-8-21-18/h2-8,12,14H,9-11H2,1H3. The van der Waals surface area contributed by atoms with E-state index in [-0.39, 0.29) is 30.4 Å². The number of hydrogen-bond acceptors (Lipinski definition) is 7. The fourth-order valence-corrected chi connectivity index (χ4v) is 3.50. The van der Waals surface area contributed by atoms with Crippen LogP contribution < -0.4 is 4.74 Å². The summed E-state index contributed by atoms with van der Waals surface area (Å²) in [7, 11) is 1.27. The lowest BCUT2D eigenvalue weighted by Gasteiger charge is -2.22. The molecule has 142 valence electrons. The molecule has 0 spiro atoms. The zero-order chi connectivity index (χ0) is 19.2. The Kier molecular flexibility index (Phi) is 6.23. The Morgan fingerprint density at radius 1 is 1.26 bits per heavy atom. The first-order valence-electron chi connectivity index (χ1n) is 8.26. The van der Waals surface area contributed by atoms with E-state index in [0.717, 1.165) is 0 Å². The number of esters is 1. The SMILES string of the molecule is COC(=O)C1CC(Oc2ccccc2F)CN1C(=O)CSc1ncccn1. The molecular formula is C18H18FN3O4S. The number of hydrogen-bond donors (Lipinski definition) is 0. The Morgan fingerprint density at radius 3 is 2.70 bits per heavy atom. The molecule has 1 aromatic heterocycles. The van der Waals surface area contributed by atoms with E-state index in [1.165, 1.54) is 35.9 Å². The van der Waals surface area contributed by atoms with Gasteiger partial charge in [-0.3, -0.25) is 4.79 Å². The third kappa shape index (κ3) is 4.73. The van der Waals surface area contributed by atoms with Crippen LogP contribution in [0.3, 0.4) is 0 Å². The number of rotatable bonds is 6. The minimum atomic E-state index is -0.767. The van der Waals surface area contributed by atoms with E-state index < -0.39 is 23.9 Å². The fraction of sp³-hybridized carbons (Fsp3) is 0.333. The Balaban J connectivity index is 1.67. The molecule has 0 N–H and O–H groups in total. The largest absolute Gasteiger partial charge is 0.485 e. The summed E-state index contributed by atoms with van der Waals surface area (Å²) in [6.07, 6.45) is 2.91. The van der Waals surface area contributed by atoms with Gasteiger partial charge in [0.25, 0.3) is 0 Å². The van der Waals surface area contributed by atoms with Gasteiger partial charge in [0.2, 0.25) is 5.91 Å². The monoisotopic (exact) mass is 391 g/mol. The number of amides is 1. The van der Waals surface area contributed by atoms with E-state index in [1.807, 2.05) is 0 Å². The second-order valence-electron chi connectivity index (χ2n) is 5.81. The van der Waals surface area contributed by atoms with Gasteiger partial charge in [-0.05, 0) is 18.2 Å². The third-order valence-electron chi connectivity index (χ3n) is 4.05. The molecule has 1 aliphatic rings. The number of ether oxygens (including phenoxy) is 2. The number of halogens is 1. The highest BCUT2D eigenvalue weighted by molar-refractivity contribution is 7.99. The van der Waals surface area contributed by atoms with Crippen molar-refractivity contribution in [2.24, 2.45) is 0 Å². The molecule has 1 amide bonds. The molecule has 1 aliphatic heterocycles. The van der Waals surface area contributed by atoms with Crippen LogP contribution in [0.25, 0.3) is 0 Å². The normalized spacial score (nSPS) is 19.0. The quantitative estimate of drug-likeness (QED) is 0.423. The number of carbonyl (C=O) groups excluding carboxylic acids is 2. The van der Waals surface area contributed by atoms with Crippen molar-refractivity contribution < 1.29 is 23.5 Å². The zero-order valence-corrected chi connectivity index (χ0v) is 15.4. The topological polar surface area (TPSA) is 81.6 Å². The van der Waals surface area contributed by atoms with Crippen LogP contribution in [0.1, 0.15) is 6.42 Å². The van der Waals surface area contributed by atoms with Crippen molar-refractivity contribution >= 4 is 23.6 Å². The number of thioether (sulfide) groups is 1. The Bertz CT molecular complexity index is 808. The second-order valence-corrected chi connectivity index (χ2v) is 6.75. The van der Waals surface area contributed by atoms with Gasteiger partial charge >= 0.3 is 5.97 Å². The number of para-hydroxylation sites is 1. The second kappa shape index (κ2) is 8.81. The van der Waals surface area contributed by atoms with Gasteiger partial charge in [-0.15, -0.1) is 0 Å². The first kappa shape index (κ1) is 19.1. The molecule has 9 heteroatoms. The molecule has 0 bridgehead atoms. The summed E-state index contributed by atoms with van der Waals surface area (Å²) in [6.45, 7) is 0.170. The van der Waals surface area contributed by atoms with Crippen molar-refractivity contribution in [1.82, 2.24) is 14.9 Å². The molecule has 2 unspecified atom stereocenters. The lowest BCUT2D eigenvalue weighted by Crippen LogP contribution is -2.42. The molecule has 7 nitrogen and oxygen atoms in total. The van der Waals surface area contributed by atoms with Crippen LogP contribution in [0.5, 0.6) is 5.75 Å². The first-order chi connectivity index (χ1) is 13.1. The predicted molar refractivity (Wildman–Crippen MR) is 95.7 cm³/mol. The van der Waals surface area contributed by atoms with E-state index in [9.17, 15) is 14.0 Å². The Hall–Kier alpha value is -2.68. The molecule has 1 aromatic carbocycles. The lowest BCUT2D eigenvalue weighted by molar-refractivity contribution is -0.150. The van der Waals surface area contributed by atoms with Crippen LogP contribution in [0, 0.1) is 5.82 Å². The Morgan fingerprint density at radius 2 is 2.00 bits per heavy atom. The van der Waals surface area contributed by atoms with Crippen LogP contribution in [-0.4, -0.2) is 58.3 Å². The zero-order valence-electron chi connectivity index (χ0n) is 14.6. The highest BCUT2D eigenvalue weighted by Gasteiger charge is 2.41. The summed E-state index contributed by atoms with van der Waals surface area (Å²) in [5, 5.41) is 0.471. The minimum absolute atomic E-state index is 0.0733. The summed E-state index contributed by atoms with van der Waals surface area (Å²) in [6, 6.07) is 6.94. The van der Waals surface area contributed by atoms with Crippen LogP contribution in [0.4, 0.5) is 4.39 Å². The van der Waals surface area contributed by atoms with Gasteiger partial charge in [0, 0.05) is 18.8 Å². The molecule has 3 rings (SSSR count). The van der Waals surface area contributed by atoms with Gasteiger partial charge in [0.05, 0.1) is 19.4 Å². The Labute approximate surface area is 159 Å². The molecule has 1 saturated heterocycles. The van der Waals surface area contributed by atoms with Gasteiger partial charge in [-0.25, -0.2) is 19.2 Å². The minimum Gasteiger partial charge on any atom is -0.485 e. The average molecular weight is 391 g/mol. The summed E-state index contributed by atoms with van der Waals surface area (Å²) >= 11 is 1.18. The highest BCUT2D eigenvalue weighted by Crippen LogP contribution is 2.26. The van der Waals surface area contributed by atoms with Crippen molar-refractivity contribution in [1.29, 1.82) is 0 Å². The van der Waals surface area contributed by atoms with Crippen LogP contribution in [-0.2, 0) is 14.3 Å². The maximum atomic E-state index is 13.8. The molecule has 2 heterocycles. The molecule has 2 aromatic rings. The van der Waals surface area contributed by atoms with E-state index in [2.05, 4.69) is 9.97 Å². The summed E-state index contributed by atoms with van der Waals surface area (Å²) in [4.78, 5) is 34.2. The van der Waals surface area contributed by atoms with Crippen molar-refractivity contribution in [2.75, 3.05) is 19.4 Å². The molecule has 0 saturated carbocycles. The average Bonchev–Trinajstić information content (AvgIpc) is 3.12. The van der Waals surface area contributed by atoms with Gasteiger partial charge < -0.3 is 14.4 Å². The van der Waals surface area contributed by atoms with Gasteiger partial charge in [0.15, 0.2) is 16.7 Å². The maximum Gasteiger partial charge on any atom is 0.328 e. The van der Waals surface area contributed by atoms with Crippen molar-refractivity contribution in [3.63, 3.8) is 0 Å². The van der Waals surface area contributed by atoms with Gasteiger partial charge in [0.1, 0.15) is 12.1 Å². The van der Waals surface area contributed by atoms with Gasteiger partial charge in [-0.1, -0.05) is 23.9 Å². The van der Waals surface area contributed by atoms with Crippen molar-refractivity contribution in [3.8, 4) is 5.75 Å². The van der Waals surface area contributed by atoms with Crippen molar-refractivity contribution in [3.05, 3.63) is 48.5 Å². The molecule has 0 radical (unpaired) electrons. The van der Waals surface area contributed by atoms with E-state index in [4.69, 9.17) is 9.47 Å². The summed E-state index contributed by atoms with van der Waals surface area (Å²) in [5.41, 5.74) is 0. The molecular weight excluding hydrogens is 373 g/mol. The summed E-state index contributed by atoms with van der Waals surface area (Å²) in [5.74, 6) is -1.11. The number of benzene rings is 1. The maximum absolute atomic E-state index is 13.8. The molecule has 27 heavy (non-hydrogen) atoms. The third-order valence-corrected chi connectivity index (χ3v) is 4.91. The number of methoxy groups -OCH3 is 1. The van der Waals surface area contributed by atoms with Crippen molar-refractivity contribution in [2.45, 2.75) is 23.7 Å².